The number of hydrogen-bond acceptors (Lipinski definition) is 2. The second kappa shape index (κ2) is 6.93. The lowest BCUT2D eigenvalue weighted by Crippen LogP contribution is -2.13. The number of carbonyl (C=O) groups is 1. The van der Waals surface area contributed by atoms with Crippen LogP contribution in [0.15, 0.2) is 30.3 Å². The van der Waals surface area contributed by atoms with Crippen LogP contribution >= 0.6 is 11.6 Å². The highest BCUT2D eigenvalue weighted by atomic mass is 35.5. The third kappa shape index (κ3) is 3.30. The minimum absolute atomic E-state index is 0.157. The largest absolute Gasteiger partial charge is 0.495 e. The summed E-state index contributed by atoms with van der Waals surface area (Å²) in [7, 11) is 1.57. The van der Waals surface area contributed by atoms with E-state index in [1.165, 1.54) is 17.7 Å². The number of nitrogens with one attached hydrogen (secondary N) is 2. The minimum Gasteiger partial charge on any atom is -0.495 e. The third-order valence-electron chi connectivity index (χ3n) is 5.43. The topological polar surface area (TPSA) is 54.1 Å². The van der Waals surface area contributed by atoms with Crippen LogP contribution in [0.3, 0.4) is 0 Å². The summed E-state index contributed by atoms with van der Waals surface area (Å²) in [6.07, 6.45) is 3.35. The van der Waals surface area contributed by atoms with Crippen molar-refractivity contribution in [3.63, 3.8) is 0 Å². The fourth-order valence-electron chi connectivity index (χ4n) is 3.86. The molecule has 5 heteroatoms. The molecule has 1 amide bonds. The monoisotopic (exact) mass is 382 g/mol. The van der Waals surface area contributed by atoms with E-state index in [-0.39, 0.29) is 5.91 Å². The summed E-state index contributed by atoms with van der Waals surface area (Å²) in [5, 5.41) is 4.73. The predicted octanol–water partition coefficient (Wildman–Crippen LogP) is 5.52. The summed E-state index contributed by atoms with van der Waals surface area (Å²) < 4.78 is 5.36. The van der Waals surface area contributed by atoms with Crippen molar-refractivity contribution in [2.45, 2.75) is 33.1 Å². The van der Waals surface area contributed by atoms with Gasteiger partial charge in [-0.1, -0.05) is 18.5 Å². The van der Waals surface area contributed by atoms with Gasteiger partial charge >= 0.3 is 0 Å². The SMILES string of the molecule is COc1cc(Cl)c(C)cc1NC(=O)c1ccc2[nH]c3c(c2c1)C[C@@H](C)CC3. The van der Waals surface area contributed by atoms with Crippen LogP contribution in [0, 0.1) is 12.8 Å². The van der Waals surface area contributed by atoms with Gasteiger partial charge in [0.2, 0.25) is 0 Å². The zero-order valence-electron chi connectivity index (χ0n) is 15.8. The van der Waals surface area contributed by atoms with Crippen LogP contribution in [-0.4, -0.2) is 18.0 Å². The van der Waals surface area contributed by atoms with E-state index in [0.29, 0.717) is 27.9 Å². The van der Waals surface area contributed by atoms with Gasteiger partial charge in [0.15, 0.2) is 0 Å². The van der Waals surface area contributed by atoms with E-state index in [0.717, 1.165) is 29.3 Å². The normalized spacial score (nSPS) is 16.2. The van der Waals surface area contributed by atoms with E-state index in [1.807, 2.05) is 31.2 Å². The summed E-state index contributed by atoms with van der Waals surface area (Å²) in [6.45, 7) is 4.18. The quantitative estimate of drug-likeness (QED) is 0.627. The first-order valence-corrected chi connectivity index (χ1v) is 9.63. The predicted molar refractivity (Wildman–Crippen MR) is 110 cm³/mol. The Morgan fingerprint density at radius 1 is 1.30 bits per heavy atom. The second-order valence-corrected chi connectivity index (χ2v) is 7.85. The molecular formula is C22H23ClN2O2. The maximum Gasteiger partial charge on any atom is 0.255 e. The van der Waals surface area contributed by atoms with Crippen molar-refractivity contribution in [3.05, 3.63) is 57.7 Å². The Kier molecular flexibility index (Phi) is 4.60. The molecule has 4 rings (SSSR count). The number of rotatable bonds is 3. The summed E-state index contributed by atoms with van der Waals surface area (Å²) in [5.74, 6) is 1.07. The summed E-state index contributed by atoms with van der Waals surface area (Å²) in [5.41, 5.74) is 5.92. The van der Waals surface area contributed by atoms with Gasteiger partial charge in [0.05, 0.1) is 12.8 Å². The zero-order chi connectivity index (χ0) is 19.1. The van der Waals surface area contributed by atoms with Crippen molar-refractivity contribution in [2.24, 2.45) is 5.92 Å². The molecule has 1 aliphatic rings. The van der Waals surface area contributed by atoms with Crippen LogP contribution in [0.5, 0.6) is 5.75 Å². The first-order chi connectivity index (χ1) is 13.0. The van der Waals surface area contributed by atoms with Crippen LogP contribution in [0.1, 0.15) is 40.5 Å². The van der Waals surface area contributed by atoms with Crippen LogP contribution in [0.25, 0.3) is 10.9 Å². The third-order valence-corrected chi connectivity index (χ3v) is 5.83. The van der Waals surface area contributed by atoms with Crippen LogP contribution in [-0.2, 0) is 12.8 Å². The number of amides is 1. The van der Waals surface area contributed by atoms with E-state index in [4.69, 9.17) is 16.3 Å². The molecule has 4 nitrogen and oxygen atoms in total. The van der Waals surface area contributed by atoms with Crippen molar-refractivity contribution in [2.75, 3.05) is 12.4 Å². The Hall–Kier alpha value is -2.46. The lowest BCUT2D eigenvalue weighted by atomic mass is 9.87. The molecule has 0 aliphatic heterocycles. The Labute approximate surface area is 163 Å². The molecule has 1 aromatic heterocycles. The van der Waals surface area contributed by atoms with Gasteiger partial charge in [-0.2, -0.15) is 0 Å². The number of aromatic nitrogens is 1. The molecule has 0 saturated carbocycles. The van der Waals surface area contributed by atoms with Gasteiger partial charge in [0.25, 0.3) is 5.91 Å². The molecule has 0 bridgehead atoms. The molecule has 0 fully saturated rings. The summed E-state index contributed by atoms with van der Waals surface area (Å²) in [6, 6.07) is 9.40. The maximum atomic E-state index is 12.9. The lowest BCUT2D eigenvalue weighted by Gasteiger charge is -2.18. The van der Waals surface area contributed by atoms with E-state index >= 15 is 0 Å². The van der Waals surface area contributed by atoms with Gasteiger partial charge in [0.1, 0.15) is 5.75 Å². The van der Waals surface area contributed by atoms with Crippen LogP contribution < -0.4 is 10.1 Å². The molecule has 140 valence electrons. The van der Waals surface area contributed by atoms with E-state index in [1.54, 1.807) is 13.2 Å². The zero-order valence-corrected chi connectivity index (χ0v) is 16.5. The Morgan fingerprint density at radius 2 is 2.11 bits per heavy atom. The van der Waals surface area contributed by atoms with Gasteiger partial charge in [-0.15, -0.1) is 0 Å². The second-order valence-electron chi connectivity index (χ2n) is 7.45. The van der Waals surface area contributed by atoms with Crippen molar-refractivity contribution in [3.8, 4) is 5.75 Å². The number of carbonyl (C=O) groups excluding carboxylic acids is 1. The maximum absolute atomic E-state index is 12.9. The standard InChI is InChI=1S/C22H23ClN2O2/c1-12-4-6-18-15(8-12)16-10-14(5-7-19(16)24-18)22(26)25-20-9-13(2)17(23)11-21(20)27-3/h5,7,9-12,24H,4,6,8H2,1-3H3,(H,25,26)/t12-/m0/s1. The number of H-pyrrole nitrogens is 1. The van der Waals surface area contributed by atoms with Gasteiger partial charge in [-0.05, 0) is 67.5 Å². The van der Waals surface area contributed by atoms with Crippen molar-refractivity contribution < 1.29 is 9.53 Å². The van der Waals surface area contributed by atoms with Crippen molar-refractivity contribution in [1.82, 2.24) is 4.98 Å². The first-order valence-electron chi connectivity index (χ1n) is 9.25. The highest BCUT2D eigenvalue weighted by Gasteiger charge is 2.21. The Balaban J connectivity index is 1.67. The number of hydrogen-bond donors (Lipinski definition) is 2. The van der Waals surface area contributed by atoms with Crippen molar-refractivity contribution >= 4 is 34.1 Å². The van der Waals surface area contributed by atoms with E-state index < -0.39 is 0 Å². The highest BCUT2D eigenvalue weighted by molar-refractivity contribution is 6.31. The number of anilines is 1. The molecule has 2 N–H and O–H groups in total. The fourth-order valence-corrected chi connectivity index (χ4v) is 4.01. The molecule has 3 aromatic rings. The molecule has 0 spiro atoms. The van der Waals surface area contributed by atoms with Gasteiger partial charge < -0.3 is 15.0 Å². The number of methoxy groups -OCH3 is 1. The number of aryl methyl sites for hydroxylation is 2. The van der Waals surface area contributed by atoms with Gasteiger partial charge in [-0.3, -0.25) is 4.79 Å². The number of halogens is 1. The molecule has 0 unspecified atom stereocenters. The van der Waals surface area contributed by atoms with Gasteiger partial charge in [0, 0.05) is 33.2 Å². The molecule has 0 saturated heterocycles. The number of ether oxygens (including phenoxy) is 1. The Bertz CT molecular complexity index is 1040. The van der Waals surface area contributed by atoms with E-state index in [9.17, 15) is 4.79 Å². The number of benzene rings is 2. The average Bonchev–Trinajstić information content (AvgIpc) is 3.01. The lowest BCUT2D eigenvalue weighted by molar-refractivity contribution is 0.102. The molecule has 0 radical (unpaired) electrons. The Morgan fingerprint density at radius 3 is 2.89 bits per heavy atom. The minimum atomic E-state index is -0.157. The summed E-state index contributed by atoms with van der Waals surface area (Å²) >= 11 is 6.15. The molecule has 2 aromatic carbocycles. The first kappa shape index (κ1) is 17.9. The molecule has 1 atom stereocenters. The van der Waals surface area contributed by atoms with Crippen LogP contribution in [0.4, 0.5) is 5.69 Å². The van der Waals surface area contributed by atoms with Gasteiger partial charge in [-0.25, -0.2) is 0 Å². The smallest absolute Gasteiger partial charge is 0.255 e. The van der Waals surface area contributed by atoms with Crippen molar-refractivity contribution in [1.29, 1.82) is 0 Å². The molecule has 1 heterocycles. The number of fused-ring (bicyclic) bond motifs is 3. The van der Waals surface area contributed by atoms with Crippen LogP contribution in [0.2, 0.25) is 5.02 Å². The van der Waals surface area contributed by atoms with E-state index in [2.05, 4.69) is 17.2 Å². The summed E-state index contributed by atoms with van der Waals surface area (Å²) in [4.78, 5) is 16.4. The average molecular weight is 383 g/mol. The number of aromatic amines is 1. The molecule has 1 aliphatic carbocycles. The molecular weight excluding hydrogens is 360 g/mol. The highest BCUT2D eigenvalue weighted by Crippen LogP contribution is 2.33. The fraction of sp³-hybridized carbons (Fsp3) is 0.318. The molecule has 27 heavy (non-hydrogen) atoms.